The van der Waals surface area contributed by atoms with Crippen LogP contribution in [0.2, 0.25) is 5.02 Å². The van der Waals surface area contributed by atoms with Gasteiger partial charge in [0.15, 0.2) is 0 Å². The van der Waals surface area contributed by atoms with E-state index in [2.05, 4.69) is 0 Å². The number of rotatable bonds is 5. The highest BCUT2D eigenvalue weighted by Gasteiger charge is 2.01. The van der Waals surface area contributed by atoms with E-state index in [1.54, 1.807) is 18.2 Å². The van der Waals surface area contributed by atoms with E-state index in [1.165, 1.54) is 11.6 Å². The van der Waals surface area contributed by atoms with Gasteiger partial charge in [0.05, 0.1) is 5.02 Å². The van der Waals surface area contributed by atoms with E-state index < -0.39 is 5.97 Å². The van der Waals surface area contributed by atoms with Gasteiger partial charge in [0.25, 0.3) is 0 Å². The molecule has 0 unspecified atom stereocenters. The summed E-state index contributed by atoms with van der Waals surface area (Å²) in [6, 6.07) is 5.14. The summed E-state index contributed by atoms with van der Waals surface area (Å²) in [4.78, 5) is 10.4. The van der Waals surface area contributed by atoms with Crippen LogP contribution in [-0.4, -0.2) is 17.7 Å². The number of hydrogen-bond acceptors (Lipinski definition) is 2. The first-order valence-corrected chi connectivity index (χ1v) is 5.83. The Bertz CT molecular complexity index is 486. The molecule has 0 bridgehead atoms. The lowest BCUT2D eigenvalue weighted by Gasteiger charge is -2.06. The molecule has 1 aromatic rings. The smallest absolute Gasteiger partial charge is 0.328 e. The maximum absolute atomic E-state index is 10.4. The van der Waals surface area contributed by atoms with Gasteiger partial charge in [0.2, 0.25) is 0 Å². The third-order valence-corrected chi connectivity index (χ3v) is 2.40. The summed E-state index contributed by atoms with van der Waals surface area (Å²) in [6.07, 6.45) is 4.50. The summed E-state index contributed by atoms with van der Waals surface area (Å²) >= 11 is 6.03. The second kappa shape index (κ2) is 6.87. The fraction of sp³-hybridized carbons (Fsp3) is 0.214. The number of ether oxygens (including phenoxy) is 1. The fourth-order valence-electron chi connectivity index (χ4n) is 1.20. The Balaban J connectivity index is 2.73. The molecule has 4 heteroatoms. The van der Waals surface area contributed by atoms with Gasteiger partial charge in [-0.1, -0.05) is 23.2 Å². The summed E-state index contributed by atoms with van der Waals surface area (Å²) < 4.78 is 5.48. The largest absolute Gasteiger partial charge is 0.488 e. The topological polar surface area (TPSA) is 46.5 Å². The molecule has 0 amide bonds. The van der Waals surface area contributed by atoms with E-state index in [-0.39, 0.29) is 0 Å². The maximum atomic E-state index is 10.4. The van der Waals surface area contributed by atoms with Gasteiger partial charge in [-0.15, -0.1) is 0 Å². The van der Waals surface area contributed by atoms with Crippen molar-refractivity contribution in [3.8, 4) is 5.75 Å². The lowest BCUT2D eigenvalue weighted by Crippen LogP contribution is -1.95. The highest BCUT2D eigenvalue weighted by atomic mass is 35.5. The van der Waals surface area contributed by atoms with Gasteiger partial charge in [0.1, 0.15) is 12.4 Å². The highest BCUT2D eigenvalue weighted by molar-refractivity contribution is 6.32. The molecule has 0 aliphatic carbocycles. The Morgan fingerprint density at radius 2 is 2.17 bits per heavy atom. The van der Waals surface area contributed by atoms with E-state index in [1.807, 2.05) is 19.9 Å². The zero-order chi connectivity index (χ0) is 13.5. The zero-order valence-electron chi connectivity index (χ0n) is 10.3. The molecule has 0 aromatic heterocycles. The Morgan fingerprint density at radius 1 is 1.44 bits per heavy atom. The molecule has 0 aliphatic heterocycles. The first-order valence-electron chi connectivity index (χ1n) is 5.46. The number of carbonyl (C=O) groups is 1. The van der Waals surface area contributed by atoms with Crippen molar-refractivity contribution >= 4 is 23.6 Å². The van der Waals surface area contributed by atoms with Crippen molar-refractivity contribution in [2.75, 3.05) is 6.61 Å². The monoisotopic (exact) mass is 266 g/mol. The van der Waals surface area contributed by atoms with Crippen molar-refractivity contribution in [3.63, 3.8) is 0 Å². The number of carboxylic acid groups (broad SMARTS) is 1. The molecule has 0 atom stereocenters. The van der Waals surface area contributed by atoms with Crippen molar-refractivity contribution in [2.24, 2.45) is 0 Å². The molecular weight excluding hydrogens is 252 g/mol. The van der Waals surface area contributed by atoms with Crippen LogP contribution >= 0.6 is 11.6 Å². The van der Waals surface area contributed by atoms with E-state index in [4.69, 9.17) is 21.4 Å². The molecule has 0 fully saturated rings. The van der Waals surface area contributed by atoms with Crippen LogP contribution in [0.4, 0.5) is 0 Å². The van der Waals surface area contributed by atoms with Crippen molar-refractivity contribution < 1.29 is 14.6 Å². The van der Waals surface area contributed by atoms with E-state index in [9.17, 15) is 4.79 Å². The molecule has 0 heterocycles. The van der Waals surface area contributed by atoms with Gasteiger partial charge in [0, 0.05) is 6.08 Å². The first-order chi connectivity index (χ1) is 8.49. The molecule has 1 rings (SSSR count). The summed E-state index contributed by atoms with van der Waals surface area (Å²) in [5, 5.41) is 8.98. The molecule has 0 spiro atoms. The van der Waals surface area contributed by atoms with Gasteiger partial charge in [-0.25, -0.2) is 4.79 Å². The van der Waals surface area contributed by atoms with Crippen molar-refractivity contribution in [1.29, 1.82) is 0 Å². The van der Waals surface area contributed by atoms with E-state index in [0.717, 1.165) is 11.6 Å². The number of carboxylic acids is 1. The molecule has 0 radical (unpaired) electrons. The normalized spacial score (nSPS) is 10.4. The number of aliphatic carboxylic acids is 1. The van der Waals surface area contributed by atoms with Crippen LogP contribution in [-0.2, 0) is 4.79 Å². The minimum atomic E-state index is -0.991. The zero-order valence-corrected chi connectivity index (χ0v) is 11.1. The minimum absolute atomic E-state index is 0.463. The van der Waals surface area contributed by atoms with Crippen LogP contribution in [0.1, 0.15) is 19.4 Å². The van der Waals surface area contributed by atoms with Gasteiger partial charge < -0.3 is 9.84 Å². The average Bonchev–Trinajstić information content (AvgIpc) is 2.28. The number of halogens is 1. The molecule has 1 aromatic carbocycles. The van der Waals surface area contributed by atoms with Crippen LogP contribution in [0.25, 0.3) is 6.08 Å². The number of hydrogen-bond donors (Lipinski definition) is 1. The molecule has 0 saturated carbocycles. The van der Waals surface area contributed by atoms with Crippen molar-refractivity contribution in [1.82, 2.24) is 0 Å². The lowest BCUT2D eigenvalue weighted by molar-refractivity contribution is -0.131. The van der Waals surface area contributed by atoms with Crippen LogP contribution in [0, 0.1) is 0 Å². The van der Waals surface area contributed by atoms with Gasteiger partial charge in [-0.3, -0.25) is 0 Å². The Hall–Kier alpha value is -1.74. The maximum Gasteiger partial charge on any atom is 0.328 e. The Labute approximate surface area is 111 Å². The van der Waals surface area contributed by atoms with Crippen LogP contribution in [0.15, 0.2) is 35.9 Å². The minimum Gasteiger partial charge on any atom is -0.488 e. The highest BCUT2D eigenvalue weighted by Crippen LogP contribution is 2.26. The van der Waals surface area contributed by atoms with Gasteiger partial charge >= 0.3 is 5.97 Å². The van der Waals surface area contributed by atoms with Gasteiger partial charge in [-0.2, -0.15) is 0 Å². The second-order valence-corrected chi connectivity index (χ2v) is 4.36. The molecular formula is C14H15ClO3. The summed E-state index contributed by atoms with van der Waals surface area (Å²) in [5.41, 5.74) is 1.89. The van der Waals surface area contributed by atoms with E-state index in [0.29, 0.717) is 17.4 Å². The molecule has 3 nitrogen and oxygen atoms in total. The second-order valence-electron chi connectivity index (χ2n) is 3.95. The number of benzene rings is 1. The van der Waals surface area contributed by atoms with Crippen molar-refractivity contribution in [3.05, 3.63) is 46.5 Å². The SMILES string of the molecule is CC(C)=CCOc1ccc(C=CC(=O)O)cc1Cl. The molecule has 96 valence electrons. The quantitative estimate of drug-likeness (QED) is 0.652. The molecule has 0 saturated heterocycles. The lowest BCUT2D eigenvalue weighted by atomic mass is 10.2. The Kier molecular flexibility index (Phi) is 5.46. The third kappa shape index (κ3) is 5.06. The summed E-state index contributed by atoms with van der Waals surface area (Å²) in [7, 11) is 0. The van der Waals surface area contributed by atoms with Crippen LogP contribution < -0.4 is 4.74 Å². The standard InChI is InChI=1S/C14H15ClO3/c1-10(2)7-8-18-13-5-3-11(9-12(13)15)4-6-14(16)17/h3-7,9H,8H2,1-2H3,(H,16,17). The Morgan fingerprint density at radius 3 is 2.72 bits per heavy atom. The first kappa shape index (κ1) is 14.3. The summed E-state index contributed by atoms with van der Waals surface area (Å²) in [5.74, 6) is -0.406. The molecule has 0 aliphatic rings. The van der Waals surface area contributed by atoms with E-state index >= 15 is 0 Å². The average molecular weight is 267 g/mol. The predicted molar refractivity (Wildman–Crippen MR) is 73.0 cm³/mol. The number of allylic oxidation sites excluding steroid dienone is 1. The molecule has 18 heavy (non-hydrogen) atoms. The summed E-state index contributed by atoms with van der Waals surface area (Å²) in [6.45, 7) is 4.45. The van der Waals surface area contributed by atoms with Crippen LogP contribution in [0.3, 0.4) is 0 Å². The van der Waals surface area contributed by atoms with Crippen molar-refractivity contribution in [2.45, 2.75) is 13.8 Å². The molecule has 1 N–H and O–H groups in total. The fourth-order valence-corrected chi connectivity index (χ4v) is 1.45. The van der Waals surface area contributed by atoms with Gasteiger partial charge in [-0.05, 0) is 43.7 Å². The predicted octanol–water partition coefficient (Wildman–Crippen LogP) is 3.78. The third-order valence-electron chi connectivity index (χ3n) is 2.10. The van der Waals surface area contributed by atoms with Crippen LogP contribution in [0.5, 0.6) is 5.75 Å².